The second-order valence-electron chi connectivity index (χ2n) is 2.25. The fraction of sp³-hybridized carbons (Fsp3) is 0. The minimum atomic E-state index is -1.20. The van der Waals surface area contributed by atoms with Gasteiger partial charge in [0.15, 0.2) is 0 Å². The van der Waals surface area contributed by atoms with E-state index in [1.54, 1.807) is 0 Å². The molecule has 0 radical (unpaired) electrons. The van der Waals surface area contributed by atoms with Crippen LogP contribution in [0.1, 0.15) is 10.4 Å². The highest BCUT2D eigenvalue weighted by Gasteiger charge is 2.16. The van der Waals surface area contributed by atoms with Crippen LogP contribution in [0, 0.1) is 0 Å². The summed E-state index contributed by atoms with van der Waals surface area (Å²) in [4.78, 5) is 10.6. The molecule has 0 aromatic heterocycles. The smallest absolute Gasteiger partial charge is 0.337 e. The van der Waals surface area contributed by atoms with Crippen LogP contribution in [0.4, 0.5) is 5.69 Å². The summed E-state index contributed by atoms with van der Waals surface area (Å²) < 4.78 is 0. The maximum atomic E-state index is 10.6. The monoisotopic (exact) mass is 239 g/mol. The van der Waals surface area contributed by atoms with Crippen LogP contribution in [0.25, 0.3) is 0 Å². The number of carboxylic acids is 1. The van der Waals surface area contributed by atoms with Crippen molar-refractivity contribution in [3.05, 3.63) is 26.7 Å². The number of hydrogen-bond donors (Lipinski definition) is 2. The van der Waals surface area contributed by atoms with Gasteiger partial charge in [-0.25, -0.2) is 4.79 Å². The van der Waals surface area contributed by atoms with E-state index in [1.165, 1.54) is 0 Å². The molecule has 70 valence electrons. The van der Waals surface area contributed by atoms with Gasteiger partial charge >= 0.3 is 5.97 Å². The number of halogens is 3. The van der Waals surface area contributed by atoms with E-state index in [9.17, 15) is 4.79 Å². The molecule has 0 fully saturated rings. The van der Waals surface area contributed by atoms with Crippen LogP contribution in [0.3, 0.4) is 0 Å². The quantitative estimate of drug-likeness (QED) is 0.586. The number of aromatic carboxylic acids is 1. The van der Waals surface area contributed by atoms with Gasteiger partial charge in [0.25, 0.3) is 0 Å². The first-order chi connectivity index (χ1) is 5.95. The Morgan fingerprint density at radius 1 is 1.31 bits per heavy atom. The standard InChI is InChI=1S/C7H4Cl3NO2/c8-3-1-2(7(12)13)6(11)5(10)4(3)9/h1H,11H2,(H,12,13). The number of hydrogen-bond acceptors (Lipinski definition) is 2. The molecule has 0 aliphatic carbocycles. The van der Waals surface area contributed by atoms with Gasteiger partial charge in [0, 0.05) is 0 Å². The van der Waals surface area contributed by atoms with Crippen molar-refractivity contribution >= 4 is 46.5 Å². The Morgan fingerprint density at radius 3 is 2.31 bits per heavy atom. The van der Waals surface area contributed by atoms with Crippen LogP contribution in [0.5, 0.6) is 0 Å². The first-order valence-corrected chi connectivity index (χ1v) is 4.24. The van der Waals surface area contributed by atoms with E-state index >= 15 is 0 Å². The molecule has 3 N–H and O–H groups in total. The molecule has 0 saturated carbocycles. The number of benzene rings is 1. The van der Waals surface area contributed by atoms with Gasteiger partial charge in [0.1, 0.15) is 0 Å². The Kier molecular flexibility index (Phi) is 2.91. The highest BCUT2D eigenvalue weighted by atomic mass is 35.5. The SMILES string of the molecule is Nc1c(C(=O)O)cc(Cl)c(Cl)c1Cl. The number of carbonyl (C=O) groups is 1. The predicted octanol–water partition coefficient (Wildman–Crippen LogP) is 2.93. The molecule has 1 aromatic carbocycles. The number of nitrogen functional groups attached to an aromatic ring is 1. The molecular formula is C7H4Cl3NO2. The van der Waals surface area contributed by atoms with E-state index in [-0.39, 0.29) is 26.3 Å². The zero-order chi connectivity index (χ0) is 10.2. The molecule has 0 saturated heterocycles. The third kappa shape index (κ3) is 1.82. The van der Waals surface area contributed by atoms with Gasteiger partial charge in [0.2, 0.25) is 0 Å². The molecule has 6 heteroatoms. The van der Waals surface area contributed by atoms with Crippen molar-refractivity contribution in [3.8, 4) is 0 Å². The lowest BCUT2D eigenvalue weighted by Gasteiger charge is -2.06. The third-order valence-electron chi connectivity index (χ3n) is 1.43. The van der Waals surface area contributed by atoms with Crippen molar-refractivity contribution in [1.29, 1.82) is 0 Å². The molecule has 3 nitrogen and oxygen atoms in total. The lowest BCUT2D eigenvalue weighted by molar-refractivity contribution is 0.0698. The molecule has 0 atom stereocenters. The number of anilines is 1. The van der Waals surface area contributed by atoms with Crippen molar-refractivity contribution in [1.82, 2.24) is 0 Å². The third-order valence-corrected chi connectivity index (χ3v) is 2.71. The Balaban J connectivity index is 3.50. The summed E-state index contributed by atoms with van der Waals surface area (Å²) in [6.07, 6.45) is 0. The molecule has 1 rings (SSSR count). The highest BCUT2D eigenvalue weighted by Crippen LogP contribution is 2.36. The molecule has 0 heterocycles. The van der Waals surface area contributed by atoms with E-state index in [1.807, 2.05) is 0 Å². The lowest BCUT2D eigenvalue weighted by atomic mass is 10.2. The van der Waals surface area contributed by atoms with E-state index in [4.69, 9.17) is 45.6 Å². The summed E-state index contributed by atoms with van der Waals surface area (Å²) in [7, 11) is 0. The van der Waals surface area contributed by atoms with Gasteiger partial charge < -0.3 is 10.8 Å². The van der Waals surface area contributed by atoms with Crippen molar-refractivity contribution in [2.24, 2.45) is 0 Å². The maximum absolute atomic E-state index is 10.6. The van der Waals surface area contributed by atoms with Gasteiger partial charge in [-0.3, -0.25) is 0 Å². The zero-order valence-corrected chi connectivity index (χ0v) is 8.41. The molecule has 0 spiro atoms. The Morgan fingerprint density at radius 2 is 1.85 bits per heavy atom. The first kappa shape index (κ1) is 10.4. The predicted molar refractivity (Wildman–Crippen MR) is 52.8 cm³/mol. The summed E-state index contributed by atoms with van der Waals surface area (Å²) in [5, 5.41) is 8.76. The van der Waals surface area contributed by atoms with Gasteiger partial charge in [-0.2, -0.15) is 0 Å². The normalized spacial score (nSPS) is 10.1. The fourth-order valence-electron chi connectivity index (χ4n) is 0.786. The summed E-state index contributed by atoms with van der Waals surface area (Å²) in [5.74, 6) is -1.20. The largest absolute Gasteiger partial charge is 0.478 e. The molecule has 0 bridgehead atoms. The lowest BCUT2D eigenvalue weighted by Crippen LogP contribution is -2.03. The number of carboxylic acid groups (broad SMARTS) is 1. The Hall–Kier alpha value is -0.640. The number of rotatable bonds is 1. The first-order valence-electron chi connectivity index (χ1n) is 3.11. The average Bonchev–Trinajstić information content (AvgIpc) is 2.07. The fourth-order valence-corrected chi connectivity index (χ4v) is 1.40. The molecule has 0 aliphatic heterocycles. The van der Waals surface area contributed by atoms with E-state index in [0.717, 1.165) is 6.07 Å². The molecular weight excluding hydrogens is 236 g/mol. The summed E-state index contributed by atoms with van der Waals surface area (Å²) >= 11 is 16.9. The Bertz CT molecular complexity index is 378. The van der Waals surface area contributed by atoms with Crippen LogP contribution in [0.2, 0.25) is 15.1 Å². The van der Waals surface area contributed by atoms with E-state index < -0.39 is 5.97 Å². The zero-order valence-electron chi connectivity index (χ0n) is 6.14. The average molecular weight is 240 g/mol. The van der Waals surface area contributed by atoms with Crippen LogP contribution >= 0.6 is 34.8 Å². The van der Waals surface area contributed by atoms with Crippen LogP contribution in [-0.4, -0.2) is 11.1 Å². The topological polar surface area (TPSA) is 63.3 Å². The Labute approximate surface area is 89.0 Å². The summed E-state index contributed by atoms with van der Waals surface area (Å²) in [6.45, 7) is 0. The summed E-state index contributed by atoms with van der Waals surface area (Å²) in [5.41, 5.74) is 5.16. The molecule has 1 aromatic rings. The summed E-state index contributed by atoms with van der Waals surface area (Å²) in [6, 6.07) is 1.16. The molecule has 13 heavy (non-hydrogen) atoms. The molecule has 0 aliphatic rings. The van der Waals surface area contributed by atoms with Crippen LogP contribution in [-0.2, 0) is 0 Å². The van der Waals surface area contributed by atoms with E-state index in [0.29, 0.717) is 0 Å². The second-order valence-corrected chi connectivity index (χ2v) is 3.42. The van der Waals surface area contributed by atoms with Crippen molar-refractivity contribution < 1.29 is 9.90 Å². The van der Waals surface area contributed by atoms with Crippen LogP contribution < -0.4 is 5.73 Å². The second kappa shape index (κ2) is 3.62. The van der Waals surface area contributed by atoms with Gasteiger partial charge in [-0.05, 0) is 6.07 Å². The number of nitrogens with two attached hydrogens (primary N) is 1. The van der Waals surface area contributed by atoms with Gasteiger partial charge in [-0.1, -0.05) is 34.8 Å². The minimum Gasteiger partial charge on any atom is -0.478 e. The highest BCUT2D eigenvalue weighted by molar-refractivity contribution is 6.49. The van der Waals surface area contributed by atoms with Crippen molar-refractivity contribution in [3.63, 3.8) is 0 Å². The van der Waals surface area contributed by atoms with Gasteiger partial charge in [0.05, 0.1) is 26.3 Å². The van der Waals surface area contributed by atoms with Crippen molar-refractivity contribution in [2.45, 2.75) is 0 Å². The maximum Gasteiger partial charge on any atom is 0.337 e. The van der Waals surface area contributed by atoms with Crippen molar-refractivity contribution in [2.75, 3.05) is 5.73 Å². The minimum absolute atomic E-state index is 0.0356. The van der Waals surface area contributed by atoms with Crippen LogP contribution in [0.15, 0.2) is 6.07 Å². The molecule has 0 amide bonds. The molecule has 0 unspecified atom stereocenters. The van der Waals surface area contributed by atoms with Gasteiger partial charge in [-0.15, -0.1) is 0 Å². The van der Waals surface area contributed by atoms with E-state index in [2.05, 4.69) is 0 Å².